The molecule has 0 aromatic heterocycles. The SMILES string of the molecule is CC[C@@H]1CCCCN1c1ccc([N+](=O)[O-])cc1/C=N\NC(=O)COc1ccc(C)cc1. The Balaban J connectivity index is 1.70. The monoisotopic (exact) mass is 424 g/mol. The van der Waals surface area contributed by atoms with Gasteiger partial charge < -0.3 is 9.64 Å². The van der Waals surface area contributed by atoms with E-state index in [0.29, 0.717) is 17.4 Å². The Labute approximate surface area is 182 Å². The van der Waals surface area contributed by atoms with Crippen LogP contribution in [0.4, 0.5) is 11.4 Å². The number of nitrogens with zero attached hydrogens (tertiary/aromatic N) is 3. The molecule has 2 aromatic carbocycles. The van der Waals surface area contributed by atoms with Gasteiger partial charge in [-0.05, 0) is 50.8 Å². The fourth-order valence-electron chi connectivity index (χ4n) is 3.75. The van der Waals surface area contributed by atoms with Crippen molar-refractivity contribution in [3.63, 3.8) is 0 Å². The zero-order chi connectivity index (χ0) is 22.2. The first kappa shape index (κ1) is 22.3. The number of benzene rings is 2. The van der Waals surface area contributed by atoms with Crippen LogP contribution in [-0.2, 0) is 4.79 Å². The second-order valence-electron chi connectivity index (χ2n) is 7.65. The van der Waals surface area contributed by atoms with Crippen molar-refractivity contribution in [2.75, 3.05) is 18.1 Å². The smallest absolute Gasteiger partial charge is 0.277 e. The summed E-state index contributed by atoms with van der Waals surface area (Å²) in [5.74, 6) is 0.189. The average Bonchev–Trinajstić information content (AvgIpc) is 2.78. The van der Waals surface area contributed by atoms with Crippen molar-refractivity contribution in [1.82, 2.24) is 5.43 Å². The Hall–Kier alpha value is -3.42. The molecule has 1 heterocycles. The molecule has 0 spiro atoms. The lowest BCUT2D eigenvalue weighted by Gasteiger charge is -2.38. The summed E-state index contributed by atoms with van der Waals surface area (Å²) < 4.78 is 5.44. The van der Waals surface area contributed by atoms with Gasteiger partial charge in [0.25, 0.3) is 11.6 Å². The molecule has 1 N–H and O–H groups in total. The summed E-state index contributed by atoms with van der Waals surface area (Å²) in [6.45, 7) is 4.84. The minimum absolute atomic E-state index is 0.00992. The molecule has 8 heteroatoms. The van der Waals surface area contributed by atoms with E-state index in [1.165, 1.54) is 24.8 Å². The van der Waals surface area contributed by atoms with Crippen LogP contribution >= 0.6 is 0 Å². The molecule has 1 aliphatic rings. The van der Waals surface area contributed by atoms with E-state index in [2.05, 4.69) is 22.4 Å². The molecular weight excluding hydrogens is 396 g/mol. The summed E-state index contributed by atoms with van der Waals surface area (Å²) in [6, 6.07) is 12.6. The molecule has 31 heavy (non-hydrogen) atoms. The lowest BCUT2D eigenvalue weighted by atomic mass is 9.98. The van der Waals surface area contributed by atoms with E-state index in [0.717, 1.165) is 37.1 Å². The van der Waals surface area contributed by atoms with Crippen molar-refractivity contribution in [3.8, 4) is 5.75 Å². The molecule has 1 aliphatic heterocycles. The number of non-ortho nitro benzene ring substituents is 1. The Morgan fingerprint density at radius 2 is 2.06 bits per heavy atom. The maximum Gasteiger partial charge on any atom is 0.277 e. The maximum atomic E-state index is 12.1. The van der Waals surface area contributed by atoms with Crippen LogP contribution in [0.5, 0.6) is 5.75 Å². The van der Waals surface area contributed by atoms with Gasteiger partial charge in [-0.3, -0.25) is 14.9 Å². The van der Waals surface area contributed by atoms with Crippen molar-refractivity contribution in [1.29, 1.82) is 0 Å². The molecule has 0 radical (unpaired) electrons. The number of carbonyl (C=O) groups is 1. The number of aryl methyl sites for hydroxylation is 1. The number of hydrogen-bond donors (Lipinski definition) is 1. The summed E-state index contributed by atoms with van der Waals surface area (Å²) in [6.07, 6.45) is 5.82. The lowest BCUT2D eigenvalue weighted by molar-refractivity contribution is -0.384. The van der Waals surface area contributed by atoms with Crippen LogP contribution in [0.25, 0.3) is 0 Å². The van der Waals surface area contributed by atoms with Gasteiger partial charge in [0.1, 0.15) is 5.75 Å². The average molecular weight is 425 g/mol. The highest BCUT2D eigenvalue weighted by Crippen LogP contribution is 2.31. The molecule has 0 bridgehead atoms. The van der Waals surface area contributed by atoms with E-state index in [1.807, 2.05) is 19.1 Å². The molecule has 2 aromatic rings. The van der Waals surface area contributed by atoms with Gasteiger partial charge in [-0.25, -0.2) is 5.43 Å². The van der Waals surface area contributed by atoms with Gasteiger partial charge in [0.15, 0.2) is 6.61 Å². The van der Waals surface area contributed by atoms with Crippen LogP contribution in [0.15, 0.2) is 47.6 Å². The van der Waals surface area contributed by atoms with E-state index in [4.69, 9.17) is 4.74 Å². The quantitative estimate of drug-likeness (QED) is 0.389. The molecule has 3 rings (SSSR count). The highest BCUT2D eigenvalue weighted by molar-refractivity contribution is 5.90. The molecule has 1 fully saturated rings. The van der Waals surface area contributed by atoms with Gasteiger partial charge in [-0.2, -0.15) is 5.10 Å². The van der Waals surface area contributed by atoms with E-state index in [-0.39, 0.29) is 12.3 Å². The zero-order valence-electron chi connectivity index (χ0n) is 17.9. The molecule has 0 saturated carbocycles. The predicted octanol–water partition coefficient (Wildman–Crippen LogP) is 4.20. The van der Waals surface area contributed by atoms with Gasteiger partial charge in [0, 0.05) is 36.0 Å². The molecule has 0 aliphatic carbocycles. The van der Waals surface area contributed by atoms with Crippen molar-refractivity contribution >= 4 is 23.5 Å². The first-order valence-corrected chi connectivity index (χ1v) is 10.5. The second kappa shape index (κ2) is 10.6. The van der Waals surface area contributed by atoms with Crippen LogP contribution in [0.1, 0.15) is 43.7 Å². The summed E-state index contributed by atoms with van der Waals surface area (Å²) in [5.41, 5.74) is 5.03. The minimum Gasteiger partial charge on any atom is -0.484 e. The van der Waals surface area contributed by atoms with Crippen molar-refractivity contribution in [2.24, 2.45) is 5.10 Å². The van der Waals surface area contributed by atoms with Crippen LogP contribution in [-0.4, -0.2) is 36.2 Å². The third kappa shape index (κ3) is 6.04. The Morgan fingerprint density at radius 1 is 1.29 bits per heavy atom. The molecule has 1 amide bonds. The van der Waals surface area contributed by atoms with Crippen LogP contribution in [0.2, 0.25) is 0 Å². The van der Waals surface area contributed by atoms with Crippen molar-refractivity contribution in [3.05, 3.63) is 63.7 Å². The first-order chi connectivity index (χ1) is 15.0. The molecule has 0 unspecified atom stereocenters. The number of rotatable bonds is 8. The predicted molar refractivity (Wildman–Crippen MR) is 121 cm³/mol. The highest BCUT2D eigenvalue weighted by atomic mass is 16.6. The summed E-state index contributed by atoms with van der Waals surface area (Å²) in [4.78, 5) is 25.2. The molecule has 1 saturated heterocycles. The van der Waals surface area contributed by atoms with Gasteiger partial charge in [0.05, 0.1) is 11.1 Å². The number of piperidine rings is 1. The van der Waals surface area contributed by atoms with Gasteiger partial charge in [-0.15, -0.1) is 0 Å². The Bertz CT molecular complexity index is 943. The largest absolute Gasteiger partial charge is 0.484 e. The van der Waals surface area contributed by atoms with Gasteiger partial charge in [-0.1, -0.05) is 24.6 Å². The fourth-order valence-corrected chi connectivity index (χ4v) is 3.75. The van der Waals surface area contributed by atoms with Gasteiger partial charge in [0.2, 0.25) is 0 Å². The van der Waals surface area contributed by atoms with E-state index in [1.54, 1.807) is 18.2 Å². The third-order valence-corrected chi connectivity index (χ3v) is 5.41. The number of nitro benzene ring substituents is 1. The summed E-state index contributed by atoms with van der Waals surface area (Å²) in [5, 5.41) is 15.3. The second-order valence-corrected chi connectivity index (χ2v) is 7.65. The Kier molecular flexibility index (Phi) is 7.59. The number of ether oxygens (including phenoxy) is 1. The summed E-state index contributed by atoms with van der Waals surface area (Å²) in [7, 11) is 0. The number of nitrogens with one attached hydrogen (secondary N) is 1. The first-order valence-electron chi connectivity index (χ1n) is 10.5. The van der Waals surface area contributed by atoms with Crippen LogP contribution < -0.4 is 15.1 Å². The standard InChI is InChI=1S/C23H28N4O4/c1-3-19-6-4-5-13-26(19)22-12-9-20(27(29)30)14-18(22)15-24-25-23(28)16-31-21-10-7-17(2)8-11-21/h7-12,14-15,19H,3-6,13,16H2,1-2H3,(H,25,28)/b24-15-/t19-/m1/s1. The maximum absolute atomic E-state index is 12.1. The van der Waals surface area contributed by atoms with Crippen molar-refractivity contribution < 1.29 is 14.5 Å². The topological polar surface area (TPSA) is 97.1 Å². The van der Waals surface area contributed by atoms with Crippen molar-refractivity contribution in [2.45, 2.75) is 45.6 Å². The molecule has 1 atom stereocenters. The molecular formula is C23H28N4O4. The number of hydrazone groups is 1. The number of hydrogen-bond acceptors (Lipinski definition) is 6. The number of anilines is 1. The minimum atomic E-state index is -0.428. The van der Waals surface area contributed by atoms with E-state index >= 15 is 0 Å². The molecule has 8 nitrogen and oxygen atoms in total. The van der Waals surface area contributed by atoms with E-state index in [9.17, 15) is 14.9 Å². The van der Waals surface area contributed by atoms with E-state index < -0.39 is 10.8 Å². The number of amides is 1. The summed E-state index contributed by atoms with van der Waals surface area (Å²) >= 11 is 0. The lowest BCUT2D eigenvalue weighted by Crippen LogP contribution is -2.39. The van der Waals surface area contributed by atoms with Crippen LogP contribution in [0, 0.1) is 17.0 Å². The Morgan fingerprint density at radius 3 is 2.77 bits per heavy atom. The van der Waals surface area contributed by atoms with Gasteiger partial charge >= 0.3 is 0 Å². The highest BCUT2D eigenvalue weighted by Gasteiger charge is 2.24. The zero-order valence-corrected chi connectivity index (χ0v) is 17.9. The van der Waals surface area contributed by atoms with Crippen LogP contribution in [0.3, 0.4) is 0 Å². The molecule has 164 valence electrons. The number of carbonyl (C=O) groups excluding carboxylic acids is 1. The normalized spacial score (nSPS) is 16.3. The third-order valence-electron chi connectivity index (χ3n) is 5.41. The number of nitro groups is 1. The fraction of sp³-hybridized carbons (Fsp3) is 0.391.